The van der Waals surface area contributed by atoms with E-state index in [0.717, 1.165) is 22.1 Å². The molecule has 1 aromatic heterocycles. The number of aromatic nitrogens is 1. The molecule has 0 amide bonds. The van der Waals surface area contributed by atoms with Crippen molar-refractivity contribution in [3.05, 3.63) is 15.6 Å². The average molecular weight is 251 g/mol. The van der Waals surface area contributed by atoms with Crippen LogP contribution in [0.4, 0.5) is 0 Å². The Kier molecular flexibility index (Phi) is 3.14. The predicted molar refractivity (Wildman–Crippen MR) is 71.1 cm³/mol. The smallest absolute Gasteiger partial charge is 0.140 e. The molecule has 1 N–H and O–H groups in total. The second-order valence-electron chi connectivity index (χ2n) is 5.04. The molecule has 1 aliphatic heterocycles. The van der Waals surface area contributed by atoms with E-state index in [1.54, 1.807) is 25.2 Å². The van der Waals surface area contributed by atoms with E-state index in [1.165, 1.54) is 4.88 Å². The number of nitrogens with zero attached hydrogens (tertiary/aromatic N) is 3. The Balaban J connectivity index is 2.05. The Bertz CT molecular complexity index is 475. The van der Waals surface area contributed by atoms with E-state index in [9.17, 15) is 5.11 Å². The van der Waals surface area contributed by atoms with Crippen LogP contribution in [-0.2, 0) is 0 Å². The van der Waals surface area contributed by atoms with Crippen molar-refractivity contribution < 1.29 is 5.11 Å². The Morgan fingerprint density at radius 1 is 1.29 bits per heavy atom. The molecule has 92 valence electrons. The average Bonchev–Trinajstić information content (AvgIpc) is 2.72. The van der Waals surface area contributed by atoms with Gasteiger partial charge in [0.15, 0.2) is 0 Å². The predicted octanol–water partition coefficient (Wildman–Crippen LogP) is 2.47. The largest absolute Gasteiger partial charge is 0.390 e. The molecule has 0 spiro atoms. The van der Waals surface area contributed by atoms with Crippen LogP contribution in [0.25, 0.3) is 0 Å². The zero-order valence-electron chi connectivity index (χ0n) is 10.6. The molecule has 2 heterocycles. The number of aliphatic hydroxyl groups is 1. The highest BCUT2D eigenvalue weighted by Gasteiger charge is 2.23. The molecule has 1 aromatic rings. The highest BCUT2D eigenvalue weighted by molar-refractivity contribution is 7.13. The molecule has 2 rings (SSSR count). The van der Waals surface area contributed by atoms with Gasteiger partial charge in [0.25, 0.3) is 0 Å². The molecular weight excluding hydrogens is 234 g/mol. The number of aryl methyl sites for hydroxylation is 2. The van der Waals surface area contributed by atoms with Gasteiger partial charge in [0.2, 0.25) is 0 Å². The van der Waals surface area contributed by atoms with Crippen molar-refractivity contribution in [3.63, 3.8) is 0 Å². The lowest BCUT2D eigenvalue weighted by atomic mass is 9.99. The van der Waals surface area contributed by atoms with Crippen LogP contribution in [0.15, 0.2) is 10.2 Å². The topological polar surface area (TPSA) is 57.8 Å². The van der Waals surface area contributed by atoms with Crippen LogP contribution >= 0.6 is 11.3 Å². The zero-order valence-corrected chi connectivity index (χ0v) is 11.4. The third-order valence-corrected chi connectivity index (χ3v) is 3.72. The van der Waals surface area contributed by atoms with Gasteiger partial charge in [-0.2, -0.15) is 10.2 Å². The molecule has 1 aliphatic rings. The Morgan fingerprint density at radius 2 is 2.00 bits per heavy atom. The fraction of sp³-hybridized carbons (Fsp3) is 0.583. The van der Waals surface area contributed by atoms with Crippen LogP contribution in [0, 0.1) is 13.8 Å². The summed E-state index contributed by atoms with van der Waals surface area (Å²) in [4.78, 5) is 5.70. The fourth-order valence-electron chi connectivity index (χ4n) is 1.71. The summed E-state index contributed by atoms with van der Waals surface area (Å²) in [5, 5.41) is 19.0. The summed E-state index contributed by atoms with van der Waals surface area (Å²) in [5.41, 5.74) is 2.19. The molecular formula is C12H17N3OS. The minimum atomic E-state index is -0.724. The second-order valence-corrected chi connectivity index (χ2v) is 6.24. The van der Waals surface area contributed by atoms with Gasteiger partial charge < -0.3 is 5.11 Å². The lowest BCUT2D eigenvalue weighted by Gasteiger charge is -2.15. The monoisotopic (exact) mass is 251 g/mol. The molecule has 17 heavy (non-hydrogen) atoms. The van der Waals surface area contributed by atoms with Crippen molar-refractivity contribution in [2.75, 3.05) is 0 Å². The van der Waals surface area contributed by atoms with Gasteiger partial charge in [0, 0.05) is 23.4 Å². The summed E-state index contributed by atoms with van der Waals surface area (Å²) in [6.07, 6.45) is 1.26. The van der Waals surface area contributed by atoms with Crippen LogP contribution in [0.3, 0.4) is 0 Å². The van der Waals surface area contributed by atoms with Crippen LogP contribution in [0.5, 0.6) is 0 Å². The van der Waals surface area contributed by atoms with Crippen molar-refractivity contribution in [1.82, 2.24) is 4.98 Å². The first kappa shape index (κ1) is 12.4. The van der Waals surface area contributed by atoms with Gasteiger partial charge in [-0.05, 0) is 27.7 Å². The molecule has 0 saturated heterocycles. The van der Waals surface area contributed by atoms with Crippen molar-refractivity contribution in [3.8, 4) is 0 Å². The first-order valence-corrected chi connectivity index (χ1v) is 6.46. The lowest BCUT2D eigenvalue weighted by molar-refractivity contribution is 0.0884. The summed E-state index contributed by atoms with van der Waals surface area (Å²) in [5.74, 6) is 0. The molecule has 0 saturated carbocycles. The Morgan fingerprint density at radius 3 is 2.53 bits per heavy atom. The molecule has 0 aliphatic carbocycles. The summed E-state index contributed by atoms with van der Waals surface area (Å²) < 4.78 is 0. The minimum Gasteiger partial charge on any atom is -0.390 e. The molecule has 0 fully saturated rings. The molecule has 0 unspecified atom stereocenters. The number of rotatable bonds is 3. The van der Waals surface area contributed by atoms with Gasteiger partial charge in [-0.25, -0.2) is 4.98 Å². The number of thiazole rings is 1. The van der Waals surface area contributed by atoms with Gasteiger partial charge >= 0.3 is 0 Å². The van der Waals surface area contributed by atoms with E-state index in [4.69, 9.17) is 0 Å². The second kappa shape index (κ2) is 4.31. The lowest BCUT2D eigenvalue weighted by Crippen LogP contribution is -2.23. The quantitative estimate of drug-likeness (QED) is 0.897. The summed E-state index contributed by atoms with van der Waals surface area (Å²) in [7, 11) is 0. The van der Waals surface area contributed by atoms with Crippen molar-refractivity contribution >= 4 is 22.8 Å². The number of hydrogen-bond donors (Lipinski definition) is 1. The SMILES string of the molecule is Cc1nc(C2=NN=C(CC(C)(C)O)C2)sc1C. The highest BCUT2D eigenvalue weighted by atomic mass is 32.1. The Hall–Kier alpha value is -1.07. The molecule has 0 bridgehead atoms. The molecule has 0 atom stereocenters. The van der Waals surface area contributed by atoms with Gasteiger partial charge in [-0.15, -0.1) is 11.3 Å². The summed E-state index contributed by atoms with van der Waals surface area (Å²) in [6.45, 7) is 7.63. The van der Waals surface area contributed by atoms with E-state index in [2.05, 4.69) is 22.1 Å². The maximum atomic E-state index is 9.74. The first-order chi connectivity index (χ1) is 7.85. The Labute approximate surface area is 105 Å². The standard InChI is InChI=1S/C12H17N3OS/c1-7-8(2)17-11(13-7)10-5-9(14-15-10)6-12(3,4)16/h16H,5-6H2,1-4H3. The number of hydrogen-bond acceptors (Lipinski definition) is 5. The van der Waals surface area contributed by atoms with Gasteiger partial charge in [0.05, 0.1) is 11.3 Å². The molecule has 4 nitrogen and oxygen atoms in total. The molecule has 0 radical (unpaired) electrons. The normalized spacial score (nSPS) is 16.1. The third kappa shape index (κ3) is 2.98. The van der Waals surface area contributed by atoms with Crippen LogP contribution < -0.4 is 0 Å². The maximum Gasteiger partial charge on any atom is 0.140 e. The van der Waals surface area contributed by atoms with E-state index in [0.29, 0.717) is 12.8 Å². The van der Waals surface area contributed by atoms with Gasteiger partial charge in [-0.1, -0.05) is 0 Å². The minimum absolute atomic E-state index is 0.559. The van der Waals surface area contributed by atoms with Crippen molar-refractivity contribution in [2.24, 2.45) is 10.2 Å². The van der Waals surface area contributed by atoms with E-state index < -0.39 is 5.60 Å². The summed E-state index contributed by atoms with van der Waals surface area (Å²) >= 11 is 1.65. The van der Waals surface area contributed by atoms with Gasteiger partial charge in [0.1, 0.15) is 10.7 Å². The zero-order chi connectivity index (χ0) is 12.6. The van der Waals surface area contributed by atoms with Crippen LogP contribution in [0.1, 0.15) is 42.3 Å². The van der Waals surface area contributed by atoms with E-state index >= 15 is 0 Å². The van der Waals surface area contributed by atoms with Crippen molar-refractivity contribution in [2.45, 2.75) is 46.1 Å². The van der Waals surface area contributed by atoms with E-state index in [-0.39, 0.29) is 0 Å². The van der Waals surface area contributed by atoms with Crippen LogP contribution in [0.2, 0.25) is 0 Å². The first-order valence-electron chi connectivity index (χ1n) is 5.64. The van der Waals surface area contributed by atoms with E-state index in [1.807, 2.05) is 6.92 Å². The maximum absolute atomic E-state index is 9.74. The van der Waals surface area contributed by atoms with Gasteiger partial charge in [-0.3, -0.25) is 0 Å². The fourth-order valence-corrected chi connectivity index (χ4v) is 2.60. The summed E-state index contributed by atoms with van der Waals surface area (Å²) in [6, 6.07) is 0. The van der Waals surface area contributed by atoms with Crippen LogP contribution in [-0.4, -0.2) is 27.1 Å². The molecule has 5 heteroatoms. The highest BCUT2D eigenvalue weighted by Crippen LogP contribution is 2.23. The van der Waals surface area contributed by atoms with Crippen molar-refractivity contribution in [1.29, 1.82) is 0 Å². The third-order valence-electron chi connectivity index (χ3n) is 2.60. The molecule has 0 aromatic carbocycles.